The number of aromatic nitrogens is 3. The highest BCUT2D eigenvalue weighted by molar-refractivity contribution is 9.10. The van der Waals surface area contributed by atoms with Crippen molar-refractivity contribution in [2.45, 2.75) is 19.9 Å². The number of anilines is 1. The van der Waals surface area contributed by atoms with Crippen LogP contribution in [-0.4, -0.2) is 15.0 Å². The molecule has 84 valence electrons. The number of halogens is 1. The van der Waals surface area contributed by atoms with Gasteiger partial charge in [-0.15, -0.1) is 11.3 Å². The first-order chi connectivity index (χ1) is 7.66. The summed E-state index contributed by atoms with van der Waals surface area (Å²) in [6.45, 7) is 4.11. The maximum atomic E-state index is 4.34. The molecule has 0 fully saturated rings. The summed E-state index contributed by atoms with van der Waals surface area (Å²) in [6.07, 6.45) is 5.12. The Bertz CT molecular complexity index is 485. The second kappa shape index (κ2) is 4.88. The van der Waals surface area contributed by atoms with Gasteiger partial charge in [0.2, 0.25) is 0 Å². The van der Waals surface area contributed by atoms with Gasteiger partial charge in [-0.25, -0.2) is 15.0 Å². The molecule has 1 N–H and O–H groups in total. The lowest BCUT2D eigenvalue weighted by atomic mass is 10.3. The van der Waals surface area contributed by atoms with Crippen LogP contribution in [0.5, 0.6) is 0 Å². The monoisotopic (exact) mass is 298 g/mol. The lowest BCUT2D eigenvalue weighted by molar-refractivity contribution is 0.856. The maximum Gasteiger partial charge on any atom is 0.144 e. The molecule has 6 heteroatoms. The van der Waals surface area contributed by atoms with E-state index in [9.17, 15) is 0 Å². The van der Waals surface area contributed by atoms with Crippen LogP contribution < -0.4 is 5.32 Å². The topological polar surface area (TPSA) is 50.7 Å². The van der Waals surface area contributed by atoms with E-state index in [2.05, 4.69) is 50.0 Å². The molecule has 0 saturated carbocycles. The van der Waals surface area contributed by atoms with E-state index in [-0.39, 0.29) is 6.04 Å². The number of thiazole rings is 1. The molecule has 0 unspecified atom stereocenters. The van der Waals surface area contributed by atoms with Gasteiger partial charge in [-0.05, 0) is 29.8 Å². The average Bonchev–Trinajstić information content (AvgIpc) is 2.68. The first-order valence-corrected chi connectivity index (χ1v) is 6.42. The SMILES string of the molecule is Cc1cnc([C@H](C)Nc2ncncc2Br)s1. The van der Waals surface area contributed by atoms with Crippen LogP contribution in [0.4, 0.5) is 5.82 Å². The minimum atomic E-state index is 0.143. The van der Waals surface area contributed by atoms with Gasteiger partial charge < -0.3 is 5.32 Å². The van der Waals surface area contributed by atoms with Crippen molar-refractivity contribution in [2.75, 3.05) is 5.32 Å². The summed E-state index contributed by atoms with van der Waals surface area (Å²) in [5.74, 6) is 0.787. The van der Waals surface area contributed by atoms with Gasteiger partial charge in [-0.1, -0.05) is 0 Å². The quantitative estimate of drug-likeness (QED) is 0.945. The van der Waals surface area contributed by atoms with E-state index in [4.69, 9.17) is 0 Å². The summed E-state index contributed by atoms with van der Waals surface area (Å²) in [7, 11) is 0. The molecular weight excluding hydrogens is 288 g/mol. The molecule has 2 heterocycles. The van der Waals surface area contributed by atoms with Crippen LogP contribution in [0.25, 0.3) is 0 Å². The Hall–Kier alpha value is -1.01. The molecule has 2 aromatic rings. The van der Waals surface area contributed by atoms with Gasteiger partial charge in [-0.2, -0.15) is 0 Å². The zero-order valence-corrected chi connectivity index (χ0v) is 11.3. The molecule has 4 nitrogen and oxygen atoms in total. The predicted molar refractivity (Wildman–Crippen MR) is 68.6 cm³/mol. The highest BCUT2D eigenvalue weighted by atomic mass is 79.9. The van der Waals surface area contributed by atoms with Crippen molar-refractivity contribution < 1.29 is 0 Å². The van der Waals surface area contributed by atoms with Crippen LogP contribution in [0.15, 0.2) is 23.2 Å². The summed E-state index contributed by atoms with van der Waals surface area (Å²) in [5, 5.41) is 4.35. The van der Waals surface area contributed by atoms with Gasteiger partial charge >= 0.3 is 0 Å². The number of rotatable bonds is 3. The smallest absolute Gasteiger partial charge is 0.144 e. The van der Waals surface area contributed by atoms with Crippen molar-refractivity contribution in [2.24, 2.45) is 0 Å². The van der Waals surface area contributed by atoms with Crippen LogP contribution in [0.1, 0.15) is 22.9 Å². The first kappa shape index (κ1) is 11.5. The van der Waals surface area contributed by atoms with Crippen molar-refractivity contribution in [3.63, 3.8) is 0 Å². The fraction of sp³-hybridized carbons (Fsp3) is 0.300. The zero-order valence-electron chi connectivity index (χ0n) is 8.94. The number of nitrogens with one attached hydrogen (secondary N) is 1. The van der Waals surface area contributed by atoms with Crippen LogP contribution in [-0.2, 0) is 0 Å². The van der Waals surface area contributed by atoms with E-state index >= 15 is 0 Å². The van der Waals surface area contributed by atoms with Gasteiger partial charge in [0.1, 0.15) is 17.2 Å². The molecule has 0 aromatic carbocycles. The van der Waals surface area contributed by atoms with Gasteiger partial charge in [0.25, 0.3) is 0 Å². The molecule has 0 aliphatic carbocycles. The Kier molecular flexibility index (Phi) is 3.50. The average molecular weight is 299 g/mol. The highest BCUT2D eigenvalue weighted by Gasteiger charge is 2.11. The minimum absolute atomic E-state index is 0.143. The van der Waals surface area contributed by atoms with Gasteiger partial charge in [0.05, 0.1) is 10.5 Å². The fourth-order valence-corrected chi connectivity index (χ4v) is 2.37. The number of aryl methyl sites for hydroxylation is 1. The lowest BCUT2D eigenvalue weighted by Gasteiger charge is -2.12. The van der Waals surface area contributed by atoms with Crippen molar-refractivity contribution in [1.82, 2.24) is 15.0 Å². The van der Waals surface area contributed by atoms with Crippen molar-refractivity contribution in [3.8, 4) is 0 Å². The molecule has 16 heavy (non-hydrogen) atoms. The van der Waals surface area contributed by atoms with Gasteiger partial charge in [-0.3, -0.25) is 0 Å². The van der Waals surface area contributed by atoms with E-state index in [1.54, 1.807) is 17.5 Å². The maximum absolute atomic E-state index is 4.34. The number of hydrogen-bond donors (Lipinski definition) is 1. The number of nitrogens with zero attached hydrogens (tertiary/aromatic N) is 3. The Balaban J connectivity index is 2.13. The van der Waals surface area contributed by atoms with Crippen LogP contribution in [0.2, 0.25) is 0 Å². The largest absolute Gasteiger partial charge is 0.360 e. The van der Waals surface area contributed by atoms with Crippen LogP contribution in [0.3, 0.4) is 0 Å². The predicted octanol–water partition coefficient (Wildman–Crippen LogP) is 3.18. The Labute approximate surface area is 106 Å². The van der Waals surface area contributed by atoms with Crippen LogP contribution >= 0.6 is 27.3 Å². The number of hydrogen-bond acceptors (Lipinski definition) is 5. The molecule has 0 radical (unpaired) electrons. The summed E-state index contributed by atoms with van der Waals surface area (Å²) in [5.41, 5.74) is 0. The standard InChI is InChI=1S/C10H11BrN4S/c1-6-3-13-10(16-6)7(2)15-9-8(11)4-12-5-14-9/h3-5,7H,1-2H3,(H,12,14,15)/t7-/m0/s1. The van der Waals surface area contributed by atoms with E-state index < -0.39 is 0 Å². The lowest BCUT2D eigenvalue weighted by Crippen LogP contribution is -2.08. The third kappa shape index (κ3) is 2.56. The third-order valence-corrected chi connectivity index (χ3v) is 3.71. The molecule has 0 spiro atoms. The van der Waals surface area contributed by atoms with E-state index in [1.165, 1.54) is 11.2 Å². The van der Waals surface area contributed by atoms with E-state index in [0.717, 1.165) is 15.3 Å². The van der Waals surface area contributed by atoms with E-state index in [0.29, 0.717) is 0 Å². The fourth-order valence-electron chi connectivity index (χ4n) is 1.26. The Morgan fingerprint density at radius 3 is 2.81 bits per heavy atom. The second-order valence-electron chi connectivity index (χ2n) is 3.39. The first-order valence-electron chi connectivity index (χ1n) is 4.81. The Morgan fingerprint density at radius 1 is 1.38 bits per heavy atom. The van der Waals surface area contributed by atoms with Crippen molar-refractivity contribution in [3.05, 3.63) is 33.1 Å². The molecular formula is C10H11BrN4S. The third-order valence-electron chi connectivity index (χ3n) is 2.03. The van der Waals surface area contributed by atoms with Crippen LogP contribution in [0, 0.1) is 6.92 Å². The Morgan fingerprint density at radius 2 is 2.19 bits per heavy atom. The normalized spacial score (nSPS) is 12.4. The molecule has 0 amide bonds. The summed E-state index contributed by atoms with van der Waals surface area (Å²) in [4.78, 5) is 13.6. The van der Waals surface area contributed by atoms with Crippen molar-refractivity contribution >= 4 is 33.1 Å². The summed E-state index contributed by atoms with van der Waals surface area (Å²) >= 11 is 5.09. The van der Waals surface area contributed by atoms with Gasteiger partial charge in [0, 0.05) is 17.3 Å². The van der Waals surface area contributed by atoms with E-state index in [1.807, 2.05) is 6.20 Å². The molecule has 0 aliphatic rings. The molecule has 1 atom stereocenters. The zero-order chi connectivity index (χ0) is 11.5. The molecule has 2 aromatic heterocycles. The molecule has 0 bridgehead atoms. The summed E-state index contributed by atoms with van der Waals surface area (Å²) < 4.78 is 0.857. The molecule has 2 rings (SSSR count). The summed E-state index contributed by atoms with van der Waals surface area (Å²) in [6, 6.07) is 0.143. The molecule has 0 aliphatic heterocycles. The minimum Gasteiger partial charge on any atom is -0.360 e. The molecule has 0 saturated heterocycles. The second-order valence-corrected chi connectivity index (χ2v) is 5.52. The van der Waals surface area contributed by atoms with Gasteiger partial charge in [0.15, 0.2) is 0 Å². The highest BCUT2D eigenvalue weighted by Crippen LogP contribution is 2.25. The van der Waals surface area contributed by atoms with Crippen molar-refractivity contribution in [1.29, 1.82) is 0 Å².